The number of aliphatic hydroxyl groups excluding tert-OH is 1. The highest BCUT2D eigenvalue weighted by atomic mass is 19.1. The average Bonchev–Trinajstić information content (AvgIpc) is 2.24. The molecule has 0 amide bonds. The van der Waals surface area contributed by atoms with E-state index in [0.29, 0.717) is 12.0 Å². The molecule has 0 aromatic heterocycles. The number of rotatable bonds is 5. The van der Waals surface area contributed by atoms with Crippen molar-refractivity contribution >= 4 is 0 Å². The normalized spacial score (nSPS) is 24.1. The molecule has 1 saturated carbocycles. The first-order valence-electron chi connectivity index (χ1n) is 7.07. The summed E-state index contributed by atoms with van der Waals surface area (Å²) in [6.45, 7) is 6.49. The highest BCUT2D eigenvalue weighted by Gasteiger charge is 2.31. The van der Waals surface area contributed by atoms with E-state index in [2.05, 4.69) is 0 Å². The van der Waals surface area contributed by atoms with Crippen molar-refractivity contribution in [1.29, 1.82) is 0 Å². The molecule has 106 valence electrons. The lowest BCUT2D eigenvalue weighted by Crippen LogP contribution is -2.32. The lowest BCUT2D eigenvalue weighted by molar-refractivity contribution is -0.0381. The number of halogens is 1. The standard InChI is InChI=1S/C16H23FO2/c1-4-19-14-7-12(8-14)9-15(18)16-10(2)5-13(17)6-11(16)3/h5-6,12,14-15,18H,4,7-9H2,1-3H3. The van der Waals surface area contributed by atoms with Crippen molar-refractivity contribution in [2.24, 2.45) is 5.92 Å². The molecule has 1 aromatic carbocycles. The van der Waals surface area contributed by atoms with Gasteiger partial charge in [0.2, 0.25) is 0 Å². The summed E-state index contributed by atoms with van der Waals surface area (Å²) in [5, 5.41) is 10.4. The molecule has 1 fully saturated rings. The third kappa shape index (κ3) is 3.34. The summed E-state index contributed by atoms with van der Waals surface area (Å²) in [5.41, 5.74) is 2.57. The Hall–Kier alpha value is -0.930. The van der Waals surface area contributed by atoms with Gasteiger partial charge in [-0.2, -0.15) is 0 Å². The maximum atomic E-state index is 13.2. The Morgan fingerprint density at radius 1 is 1.32 bits per heavy atom. The molecule has 0 aliphatic heterocycles. The Bertz CT molecular complexity index is 415. The van der Waals surface area contributed by atoms with Crippen LogP contribution in [0.4, 0.5) is 4.39 Å². The number of hydrogen-bond acceptors (Lipinski definition) is 2. The fourth-order valence-electron chi connectivity index (χ4n) is 3.12. The molecule has 2 nitrogen and oxygen atoms in total. The highest BCUT2D eigenvalue weighted by molar-refractivity contribution is 5.36. The van der Waals surface area contributed by atoms with E-state index in [1.165, 1.54) is 12.1 Å². The lowest BCUT2D eigenvalue weighted by Gasteiger charge is -2.36. The van der Waals surface area contributed by atoms with Crippen molar-refractivity contribution in [3.8, 4) is 0 Å². The third-order valence-electron chi connectivity index (χ3n) is 4.04. The molecular formula is C16H23FO2. The van der Waals surface area contributed by atoms with Gasteiger partial charge >= 0.3 is 0 Å². The maximum absolute atomic E-state index is 13.2. The van der Waals surface area contributed by atoms with E-state index >= 15 is 0 Å². The van der Waals surface area contributed by atoms with Gasteiger partial charge < -0.3 is 9.84 Å². The number of ether oxygens (including phenoxy) is 1. The van der Waals surface area contributed by atoms with Crippen LogP contribution in [-0.4, -0.2) is 17.8 Å². The Morgan fingerprint density at radius 2 is 1.89 bits per heavy atom. The molecule has 0 spiro atoms. The van der Waals surface area contributed by atoms with Gasteiger partial charge in [-0.1, -0.05) is 0 Å². The molecule has 0 bridgehead atoms. The fourth-order valence-corrected chi connectivity index (χ4v) is 3.12. The third-order valence-corrected chi connectivity index (χ3v) is 4.04. The van der Waals surface area contributed by atoms with E-state index in [4.69, 9.17) is 4.74 Å². The van der Waals surface area contributed by atoms with Gasteiger partial charge in [-0.3, -0.25) is 0 Å². The Balaban J connectivity index is 1.96. The van der Waals surface area contributed by atoms with Crippen LogP contribution in [-0.2, 0) is 4.74 Å². The molecule has 1 N–H and O–H groups in total. The van der Waals surface area contributed by atoms with Crippen molar-refractivity contribution in [3.05, 3.63) is 34.6 Å². The minimum atomic E-state index is -0.492. The van der Waals surface area contributed by atoms with Crippen LogP contribution < -0.4 is 0 Å². The van der Waals surface area contributed by atoms with Crippen molar-refractivity contribution in [3.63, 3.8) is 0 Å². The first-order valence-corrected chi connectivity index (χ1v) is 7.07. The van der Waals surface area contributed by atoms with Gasteiger partial charge in [0, 0.05) is 6.61 Å². The van der Waals surface area contributed by atoms with E-state index in [1.807, 2.05) is 20.8 Å². The van der Waals surface area contributed by atoms with Crippen molar-refractivity contribution < 1.29 is 14.2 Å². The molecule has 1 unspecified atom stereocenters. The largest absolute Gasteiger partial charge is 0.388 e. The molecule has 0 saturated heterocycles. The number of aliphatic hydroxyl groups is 1. The van der Waals surface area contributed by atoms with Gasteiger partial charge in [0.1, 0.15) is 5.82 Å². The number of hydrogen-bond donors (Lipinski definition) is 1. The van der Waals surface area contributed by atoms with Crippen LogP contribution in [0.3, 0.4) is 0 Å². The summed E-state index contributed by atoms with van der Waals surface area (Å²) >= 11 is 0. The predicted molar refractivity (Wildman–Crippen MR) is 73.6 cm³/mol. The first-order chi connectivity index (χ1) is 9.01. The molecule has 0 heterocycles. The summed E-state index contributed by atoms with van der Waals surface area (Å²) in [5.74, 6) is 0.293. The van der Waals surface area contributed by atoms with E-state index in [0.717, 1.165) is 42.6 Å². The molecule has 1 aliphatic carbocycles. The predicted octanol–water partition coefficient (Wildman–Crippen LogP) is 3.68. The summed E-state index contributed by atoms with van der Waals surface area (Å²) < 4.78 is 18.8. The van der Waals surface area contributed by atoms with Crippen LogP contribution >= 0.6 is 0 Å². The lowest BCUT2D eigenvalue weighted by atomic mass is 9.77. The van der Waals surface area contributed by atoms with Crippen LogP contribution in [0.5, 0.6) is 0 Å². The maximum Gasteiger partial charge on any atom is 0.123 e. The highest BCUT2D eigenvalue weighted by Crippen LogP contribution is 2.38. The van der Waals surface area contributed by atoms with Crippen LogP contribution in [0.15, 0.2) is 12.1 Å². The Labute approximate surface area is 114 Å². The van der Waals surface area contributed by atoms with Crippen LogP contribution in [0.2, 0.25) is 0 Å². The summed E-state index contributed by atoms with van der Waals surface area (Å²) in [4.78, 5) is 0. The van der Waals surface area contributed by atoms with E-state index in [1.54, 1.807) is 0 Å². The van der Waals surface area contributed by atoms with Crippen LogP contribution in [0, 0.1) is 25.6 Å². The smallest absolute Gasteiger partial charge is 0.123 e. The molecule has 1 atom stereocenters. The number of aryl methyl sites for hydroxylation is 2. The summed E-state index contributed by atoms with van der Waals surface area (Å²) in [6, 6.07) is 2.99. The quantitative estimate of drug-likeness (QED) is 0.881. The van der Waals surface area contributed by atoms with Gasteiger partial charge in [0.25, 0.3) is 0 Å². The topological polar surface area (TPSA) is 29.5 Å². The molecular weight excluding hydrogens is 243 g/mol. The molecule has 2 rings (SSSR count). The molecule has 1 aromatic rings. The zero-order valence-corrected chi connectivity index (χ0v) is 11.9. The second kappa shape index (κ2) is 6.02. The number of benzene rings is 1. The zero-order valence-electron chi connectivity index (χ0n) is 11.9. The monoisotopic (exact) mass is 266 g/mol. The van der Waals surface area contributed by atoms with Gasteiger partial charge in [0.05, 0.1) is 12.2 Å². The average molecular weight is 266 g/mol. The molecule has 0 radical (unpaired) electrons. The fraction of sp³-hybridized carbons (Fsp3) is 0.625. The van der Waals surface area contributed by atoms with Gasteiger partial charge in [0.15, 0.2) is 0 Å². The van der Waals surface area contributed by atoms with E-state index in [-0.39, 0.29) is 5.82 Å². The van der Waals surface area contributed by atoms with Gasteiger partial charge in [-0.05, 0) is 74.8 Å². The summed E-state index contributed by atoms with van der Waals surface area (Å²) in [7, 11) is 0. The van der Waals surface area contributed by atoms with Gasteiger partial charge in [-0.15, -0.1) is 0 Å². The van der Waals surface area contributed by atoms with Crippen molar-refractivity contribution in [1.82, 2.24) is 0 Å². The molecule has 3 heteroatoms. The molecule has 1 aliphatic rings. The van der Waals surface area contributed by atoms with E-state index in [9.17, 15) is 9.50 Å². The van der Waals surface area contributed by atoms with Crippen molar-refractivity contribution in [2.75, 3.05) is 6.61 Å². The second-order valence-corrected chi connectivity index (χ2v) is 5.62. The van der Waals surface area contributed by atoms with Gasteiger partial charge in [-0.25, -0.2) is 4.39 Å². The van der Waals surface area contributed by atoms with Crippen LogP contribution in [0.1, 0.15) is 49.0 Å². The van der Waals surface area contributed by atoms with Crippen LogP contribution in [0.25, 0.3) is 0 Å². The zero-order chi connectivity index (χ0) is 14.0. The SMILES string of the molecule is CCOC1CC(CC(O)c2c(C)cc(F)cc2C)C1. The minimum Gasteiger partial charge on any atom is -0.388 e. The Morgan fingerprint density at radius 3 is 2.42 bits per heavy atom. The molecule has 19 heavy (non-hydrogen) atoms. The van der Waals surface area contributed by atoms with E-state index < -0.39 is 6.10 Å². The Kier molecular flexibility index (Phi) is 4.58. The minimum absolute atomic E-state index is 0.231. The summed E-state index contributed by atoms with van der Waals surface area (Å²) in [6.07, 6.45) is 2.69. The van der Waals surface area contributed by atoms with Crippen molar-refractivity contribution in [2.45, 2.75) is 52.2 Å². The second-order valence-electron chi connectivity index (χ2n) is 5.62. The first kappa shape index (κ1) is 14.5.